The Labute approximate surface area is 100 Å². The fourth-order valence-electron chi connectivity index (χ4n) is 2.20. The van der Waals surface area contributed by atoms with Crippen molar-refractivity contribution in [2.24, 2.45) is 0 Å². The normalized spacial score (nSPS) is 21.1. The number of halogens is 2. The zero-order chi connectivity index (χ0) is 12.4. The van der Waals surface area contributed by atoms with Gasteiger partial charge in [0.1, 0.15) is 0 Å². The van der Waals surface area contributed by atoms with Crippen LogP contribution in [0.1, 0.15) is 26.7 Å². The molecule has 17 heavy (non-hydrogen) atoms. The third-order valence-corrected chi connectivity index (χ3v) is 3.08. The number of rotatable bonds is 3. The van der Waals surface area contributed by atoms with Crippen LogP contribution >= 0.6 is 0 Å². The van der Waals surface area contributed by atoms with E-state index in [9.17, 15) is 8.78 Å². The molecule has 0 N–H and O–H groups in total. The van der Waals surface area contributed by atoms with Crippen LogP contribution in [-0.2, 0) is 0 Å². The smallest absolute Gasteiger partial charge is 0.200 e. The second-order valence-corrected chi connectivity index (χ2v) is 4.60. The summed E-state index contributed by atoms with van der Waals surface area (Å²) in [5, 5.41) is 0. The minimum atomic E-state index is -0.900. The lowest BCUT2D eigenvalue weighted by atomic mass is 10.3. The van der Waals surface area contributed by atoms with Gasteiger partial charge in [0.05, 0.1) is 0 Å². The van der Waals surface area contributed by atoms with E-state index in [1.54, 1.807) is 0 Å². The number of hydrogen-bond donors (Lipinski definition) is 0. The fraction of sp³-hybridized carbons (Fsp3) is 0.538. The van der Waals surface area contributed by atoms with Gasteiger partial charge < -0.3 is 4.74 Å². The zero-order valence-electron chi connectivity index (χ0n) is 10.1. The molecule has 0 amide bonds. The molecule has 0 spiro atoms. The van der Waals surface area contributed by atoms with Gasteiger partial charge in [0.2, 0.25) is 5.82 Å². The van der Waals surface area contributed by atoms with E-state index in [4.69, 9.17) is 4.74 Å². The molecule has 1 fully saturated rings. The SMILES string of the molecule is CC(C)N1CCCC1Oc1cccc(F)c1F. The molecule has 0 radical (unpaired) electrons. The summed E-state index contributed by atoms with van der Waals surface area (Å²) in [6, 6.07) is 4.37. The highest BCUT2D eigenvalue weighted by atomic mass is 19.2. The van der Waals surface area contributed by atoms with Crippen LogP contribution in [0.2, 0.25) is 0 Å². The first-order valence-corrected chi connectivity index (χ1v) is 5.96. The van der Waals surface area contributed by atoms with Crippen LogP contribution in [0.25, 0.3) is 0 Å². The number of benzene rings is 1. The van der Waals surface area contributed by atoms with Gasteiger partial charge in [-0.1, -0.05) is 6.07 Å². The Kier molecular flexibility index (Phi) is 3.62. The van der Waals surface area contributed by atoms with Crippen LogP contribution in [0.4, 0.5) is 8.78 Å². The van der Waals surface area contributed by atoms with Crippen LogP contribution in [0, 0.1) is 11.6 Å². The number of ether oxygens (including phenoxy) is 1. The van der Waals surface area contributed by atoms with Crippen LogP contribution in [-0.4, -0.2) is 23.7 Å². The van der Waals surface area contributed by atoms with Gasteiger partial charge in [-0.25, -0.2) is 4.39 Å². The fourth-order valence-corrected chi connectivity index (χ4v) is 2.20. The Hall–Kier alpha value is -1.16. The number of hydrogen-bond acceptors (Lipinski definition) is 2. The predicted octanol–water partition coefficient (Wildman–Crippen LogP) is 3.17. The molecule has 1 atom stereocenters. The monoisotopic (exact) mass is 241 g/mol. The molecule has 2 nitrogen and oxygen atoms in total. The van der Waals surface area contributed by atoms with Gasteiger partial charge in [-0.05, 0) is 38.8 Å². The van der Waals surface area contributed by atoms with Crippen molar-refractivity contribution in [3.05, 3.63) is 29.8 Å². The van der Waals surface area contributed by atoms with Crippen molar-refractivity contribution < 1.29 is 13.5 Å². The van der Waals surface area contributed by atoms with Crippen LogP contribution in [0.15, 0.2) is 18.2 Å². The predicted molar refractivity (Wildman–Crippen MR) is 61.9 cm³/mol. The maximum Gasteiger partial charge on any atom is 0.200 e. The number of likely N-dealkylation sites (tertiary alicyclic amines) is 1. The van der Waals surface area contributed by atoms with Gasteiger partial charge in [0.25, 0.3) is 0 Å². The molecule has 4 heteroatoms. The molecule has 1 aliphatic rings. The summed E-state index contributed by atoms with van der Waals surface area (Å²) in [5.41, 5.74) is 0. The van der Waals surface area contributed by atoms with E-state index in [1.165, 1.54) is 12.1 Å². The Balaban J connectivity index is 2.12. The number of nitrogens with zero attached hydrogens (tertiary/aromatic N) is 1. The van der Waals surface area contributed by atoms with E-state index in [1.807, 2.05) is 0 Å². The molecule has 1 aromatic rings. The molecule has 1 saturated heterocycles. The molecule has 0 aliphatic carbocycles. The van der Waals surface area contributed by atoms with E-state index in [0.29, 0.717) is 6.04 Å². The summed E-state index contributed by atoms with van der Waals surface area (Å²) in [6.45, 7) is 5.09. The van der Waals surface area contributed by atoms with Crippen LogP contribution in [0.3, 0.4) is 0 Å². The average Bonchev–Trinajstić information content (AvgIpc) is 2.73. The second kappa shape index (κ2) is 5.00. The quantitative estimate of drug-likeness (QED) is 0.806. The first-order valence-electron chi connectivity index (χ1n) is 5.96. The van der Waals surface area contributed by atoms with Gasteiger partial charge in [-0.3, -0.25) is 4.90 Å². The molecular formula is C13H17F2NO. The highest BCUT2D eigenvalue weighted by Crippen LogP contribution is 2.26. The van der Waals surface area contributed by atoms with E-state index in [0.717, 1.165) is 25.5 Å². The lowest BCUT2D eigenvalue weighted by molar-refractivity contribution is 0.0355. The molecule has 0 aromatic heterocycles. The van der Waals surface area contributed by atoms with Gasteiger partial charge in [-0.15, -0.1) is 0 Å². The first-order chi connectivity index (χ1) is 8.09. The standard InChI is InChI=1S/C13H17F2NO/c1-9(2)16-8-4-7-12(16)17-11-6-3-5-10(14)13(11)15/h3,5-6,9,12H,4,7-8H2,1-2H3. The summed E-state index contributed by atoms with van der Waals surface area (Å²) in [4.78, 5) is 2.16. The van der Waals surface area contributed by atoms with Crippen molar-refractivity contribution in [2.75, 3.05) is 6.54 Å². The lowest BCUT2D eigenvalue weighted by Crippen LogP contribution is -2.39. The third-order valence-electron chi connectivity index (χ3n) is 3.08. The minimum Gasteiger partial charge on any atom is -0.472 e. The summed E-state index contributed by atoms with van der Waals surface area (Å²) in [7, 11) is 0. The molecular weight excluding hydrogens is 224 g/mol. The Morgan fingerprint density at radius 2 is 2.12 bits per heavy atom. The molecule has 2 rings (SSSR count). The van der Waals surface area contributed by atoms with E-state index in [2.05, 4.69) is 18.7 Å². The van der Waals surface area contributed by atoms with E-state index < -0.39 is 11.6 Å². The first kappa shape index (κ1) is 12.3. The molecule has 0 saturated carbocycles. The van der Waals surface area contributed by atoms with Gasteiger partial charge in [0, 0.05) is 12.6 Å². The van der Waals surface area contributed by atoms with Crippen molar-refractivity contribution in [1.29, 1.82) is 0 Å². The van der Waals surface area contributed by atoms with Gasteiger partial charge in [-0.2, -0.15) is 4.39 Å². The van der Waals surface area contributed by atoms with E-state index in [-0.39, 0.29) is 12.0 Å². The van der Waals surface area contributed by atoms with Gasteiger partial charge in [0.15, 0.2) is 17.8 Å². The lowest BCUT2D eigenvalue weighted by Gasteiger charge is -2.28. The van der Waals surface area contributed by atoms with Crippen molar-refractivity contribution >= 4 is 0 Å². The molecule has 94 valence electrons. The van der Waals surface area contributed by atoms with Gasteiger partial charge >= 0.3 is 0 Å². The summed E-state index contributed by atoms with van der Waals surface area (Å²) in [5.74, 6) is -1.76. The highest BCUT2D eigenvalue weighted by Gasteiger charge is 2.29. The molecule has 1 unspecified atom stereocenters. The molecule has 1 aromatic carbocycles. The van der Waals surface area contributed by atoms with Crippen LogP contribution in [0.5, 0.6) is 5.75 Å². The topological polar surface area (TPSA) is 12.5 Å². The highest BCUT2D eigenvalue weighted by molar-refractivity contribution is 5.25. The summed E-state index contributed by atoms with van der Waals surface area (Å²) >= 11 is 0. The Morgan fingerprint density at radius 3 is 2.82 bits per heavy atom. The van der Waals surface area contributed by atoms with Crippen molar-refractivity contribution in [3.8, 4) is 5.75 Å². The minimum absolute atomic E-state index is 0.00236. The molecule has 1 aliphatic heterocycles. The summed E-state index contributed by atoms with van der Waals surface area (Å²) < 4.78 is 32.1. The van der Waals surface area contributed by atoms with Crippen molar-refractivity contribution in [2.45, 2.75) is 39.0 Å². The van der Waals surface area contributed by atoms with Crippen molar-refractivity contribution in [3.63, 3.8) is 0 Å². The second-order valence-electron chi connectivity index (χ2n) is 4.60. The average molecular weight is 241 g/mol. The summed E-state index contributed by atoms with van der Waals surface area (Å²) in [6.07, 6.45) is 1.74. The van der Waals surface area contributed by atoms with Crippen molar-refractivity contribution in [1.82, 2.24) is 4.90 Å². The largest absolute Gasteiger partial charge is 0.472 e. The van der Waals surface area contributed by atoms with E-state index >= 15 is 0 Å². The third kappa shape index (κ3) is 2.57. The Bertz CT molecular complexity index is 395. The molecule has 1 heterocycles. The maximum absolute atomic E-state index is 13.5. The van der Waals surface area contributed by atoms with Crippen LogP contribution < -0.4 is 4.74 Å². The molecule has 0 bridgehead atoms. The zero-order valence-corrected chi connectivity index (χ0v) is 10.1. The maximum atomic E-state index is 13.5. The Morgan fingerprint density at radius 1 is 1.35 bits per heavy atom.